The number of hydrogen-bond donors (Lipinski definition) is 0. The van der Waals surface area contributed by atoms with Gasteiger partial charge in [-0.25, -0.2) is 22.5 Å². The first kappa shape index (κ1) is 22.4. The van der Waals surface area contributed by atoms with Crippen LogP contribution in [-0.2, 0) is 0 Å². The SMILES string of the molecule is COc1cccc([N+](=O)[O-])c1N(C(=O)c1c(F)cccc1F)C(=O)c1c(F)cccc1F. The summed E-state index contributed by atoms with van der Waals surface area (Å²) in [4.78, 5) is 36.8. The Labute approximate surface area is 177 Å². The first-order valence-corrected chi connectivity index (χ1v) is 8.77. The van der Waals surface area contributed by atoms with Crippen LogP contribution in [0.2, 0.25) is 0 Å². The number of nitro benzene ring substituents is 1. The van der Waals surface area contributed by atoms with E-state index >= 15 is 0 Å². The van der Waals surface area contributed by atoms with Crippen molar-refractivity contribution in [2.45, 2.75) is 0 Å². The fraction of sp³-hybridized carbons (Fsp3) is 0.0476. The Morgan fingerprint density at radius 3 is 1.59 bits per heavy atom. The lowest BCUT2D eigenvalue weighted by atomic mass is 10.1. The zero-order valence-electron chi connectivity index (χ0n) is 16.1. The molecule has 0 heterocycles. The molecule has 0 saturated carbocycles. The Hall–Kier alpha value is -4.28. The minimum atomic E-state index is -1.74. The molecule has 0 N–H and O–H groups in total. The first-order chi connectivity index (χ1) is 15.2. The molecule has 0 spiro atoms. The summed E-state index contributed by atoms with van der Waals surface area (Å²) in [6, 6.07) is 7.86. The highest BCUT2D eigenvalue weighted by molar-refractivity contribution is 6.27. The molecule has 0 atom stereocenters. The van der Waals surface area contributed by atoms with E-state index in [4.69, 9.17) is 4.74 Å². The number of nitrogens with zero attached hydrogens (tertiary/aromatic N) is 2. The molecule has 2 amide bonds. The minimum Gasteiger partial charge on any atom is -0.494 e. The van der Waals surface area contributed by atoms with Crippen molar-refractivity contribution >= 4 is 23.2 Å². The number of anilines is 1. The Kier molecular flexibility index (Phi) is 6.19. The van der Waals surface area contributed by atoms with E-state index in [9.17, 15) is 37.3 Å². The molecule has 3 aromatic carbocycles. The number of carbonyl (C=O) groups is 2. The van der Waals surface area contributed by atoms with E-state index in [-0.39, 0.29) is 4.90 Å². The highest BCUT2D eigenvalue weighted by Crippen LogP contribution is 2.39. The topological polar surface area (TPSA) is 89.8 Å². The Morgan fingerprint density at radius 1 is 0.812 bits per heavy atom. The molecular formula is C21H12F4N2O5. The summed E-state index contributed by atoms with van der Waals surface area (Å²) in [6.45, 7) is 0. The number of nitro groups is 1. The molecule has 0 bridgehead atoms. The third-order valence-corrected chi connectivity index (χ3v) is 4.38. The van der Waals surface area contributed by atoms with Gasteiger partial charge in [-0.05, 0) is 30.3 Å². The normalized spacial score (nSPS) is 10.5. The molecule has 3 rings (SSSR count). The Balaban J connectivity index is 2.38. The van der Waals surface area contributed by atoms with Crippen LogP contribution in [0.5, 0.6) is 5.75 Å². The molecule has 11 heteroatoms. The van der Waals surface area contributed by atoms with Crippen molar-refractivity contribution in [3.05, 3.63) is 99.1 Å². The van der Waals surface area contributed by atoms with Crippen LogP contribution >= 0.6 is 0 Å². The third kappa shape index (κ3) is 3.87. The summed E-state index contributed by atoms with van der Waals surface area (Å²) < 4.78 is 62.3. The van der Waals surface area contributed by atoms with Gasteiger partial charge in [0, 0.05) is 6.07 Å². The number of imide groups is 1. The second kappa shape index (κ2) is 8.84. The molecule has 164 valence electrons. The van der Waals surface area contributed by atoms with Gasteiger partial charge in [-0.15, -0.1) is 0 Å². The van der Waals surface area contributed by atoms with Crippen molar-refractivity contribution in [1.82, 2.24) is 0 Å². The highest BCUT2D eigenvalue weighted by atomic mass is 19.1. The molecule has 0 saturated heterocycles. The number of hydrogen-bond acceptors (Lipinski definition) is 5. The zero-order valence-corrected chi connectivity index (χ0v) is 16.1. The Morgan fingerprint density at radius 2 is 1.22 bits per heavy atom. The second-order valence-corrected chi connectivity index (χ2v) is 6.22. The van der Waals surface area contributed by atoms with Gasteiger partial charge in [0.1, 0.15) is 40.1 Å². The summed E-state index contributed by atoms with van der Waals surface area (Å²) in [7, 11) is 1.04. The second-order valence-electron chi connectivity index (χ2n) is 6.22. The van der Waals surface area contributed by atoms with Crippen LogP contribution in [0, 0.1) is 33.4 Å². The third-order valence-electron chi connectivity index (χ3n) is 4.38. The van der Waals surface area contributed by atoms with E-state index in [0.717, 1.165) is 37.4 Å². The van der Waals surface area contributed by atoms with Crippen LogP contribution in [0.15, 0.2) is 54.6 Å². The maximum atomic E-state index is 14.3. The highest BCUT2D eigenvalue weighted by Gasteiger charge is 2.38. The first-order valence-electron chi connectivity index (χ1n) is 8.77. The van der Waals surface area contributed by atoms with E-state index in [1.54, 1.807) is 0 Å². The van der Waals surface area contributed by atoms with Crippen molar-refractivity contribution in [3.8, 4) is 5.75 Å². The molecule has 0 unspecified atom stereocenters. The van der Waals surface area contributed by atoms with Gasteiger partial charge in [0.2, 0.25) is 0 Å². The number of para-hydroxylation sites is 1. The van der Waals surface area contributed by atoms with E-state index < -0.39 is 68.3 Å². The van der Waals surface area contributed by atoms with E-state index in [1.807, 2.05) is 0 Å². The van der Waals surface area contributed by atoms with Gasteiger partial charge in [0.15, 0.2) is 5.69 Å². The average molecular weight is 448 g/mol. The number of amides is 2. The molecular weight excluding hydrogens is 436 g/mol. The monoisotopic (exact) mass is 448 g/mol. The molecule has 0 fully saturated rings. The van der Waals surface area contributed by atoms with Gasteiger partial charge < -0.3 is 4.74 Å². The largest absolute Gasteiger partial charge is 0.494 e. The molecule has 3 aromatic rings. The van der Waals surface area contributed by atoms with Gasteiger partial charge >= 0.3 is 0 Å². The number of ether oxygens (including phenoxy) is 1. The Bertz CT molecular complexity index is 1140. The quantitative estimate of drug-likeness (QED) is 0.245. The number of carbonyl (C=O) groups excluding carboxylic acids is 2. The predicted molar refractivity (Wildman–Crippen MR) is 104 cm³/mol. The summed E-state index contributed by atoms with van der Waals surface area (Å²) in [5.41, 5.74) is -4.28. The lowest BCUT2D eigenvalue weighted by molar-refractivity contribution is -0.384. The number of halogens is 4. The fourth-order valence-electron chi connectivity index (χ4n) is 2.97. The van der Waals surface area contributed by atoms with Crippen LogP contribution in [0.3, 0.4) is 0 Å². The smallest absolute Gasteiger partial charge is 0.297 e. The lowest BCUT2D eigenvalue weighted by Gasteiger charge is -2.23. The van der Waals surface area contributed by atoms with Gasteiger partial charge in [-0.3, -0.25) is 19.7 Å². The van der Waals surface area contributed by atoms with Crippen LogP contribution in [0.25, 0.3) is 0 Å². The van der Waals surface area contributed by atoms with Gasteiger partial charge in [0.05, 0.1) is 12.0 Å². The standard InChI is InChI=1S/C21H12F4N2O5/c1-32-16-10-4-9-15(27(30)31)19(16)26(20(28)17-11(22)5-2-6-12(17)23)21(29)18-13(24)7-3-8-14(18)25/h2-10H,1H3. The molecule has 0 aliphatic rings. The van der Waals surface area contributed by atoms with E-state index in [1.165, 1.54) is 0 Å². The summed E-state index contributed by atoms with van der Waals surface area (Å²) >= 11 is 0. The fourth-order valence-corrected chi connectivity index (χ4v) is 2.97. The maximum absolute atomic E-state index is 14.3. The summed E-state index contributed by atoms with van der Waals surface area (Å²) in [5.74, 6) is -9.52. The minimum absolute atomic E-state index is 0.0834. The van der Waals surface area contributed by atoms with Gasteiger partial charge in [-0.1, -0.05) is 18.2 Å². The number of benzene rings is 3. The van der Waals surface area contributed by atoms with Crippen molar-refractivity contribution in [1.29, 1.82) is 0 Å². The summed E-state index contributed by atoms with van der Waals surface area (Å²) in [5, 5.41) is 11.6. The van der Waals surface area contributed by atoms with Crippen molar-refractivity contribution < 1.29 is 36.8 Å². The zero-order chi connectivity index (χ0) is 23.6. The van der Waals surface area contributed by atoms with Gasteiger partial charge in [0.25, 0.3) is 17.5 Å². The summed E-state index contributed by atoms with van der Waals surface area (Å²) in [6.07, 6.45) is 0. The number of methoxy groups -OCH3 is 1. The van der Waals surface area contributed by atoms with Crippen molar-refractivity contribution in [2.24, 2.45) is 0 Å². The van der Waals surface area contributed by atoms with Crippen LogP contribution in [0.4, 0.5) is 28.9 Å². The number of rotatable bonds is 5. The molecule has 32 heavy (non-hydrogen) atoms. The predicted octanol–water partition coefficient (Wildman–Crippen LogP) is 4.65. The van der Waals surface area contributed by atoms with Crippen LogP contribution < -0.4 is 9.64 Å². The molecule has 0 radical (unpaired) electrons. The van der Waals surface area contributed by atoms with E-state index in [0.29, 0.717) is 24.3 Å². The lowest BCUT2D eigenvalue weighted by Crippen LogP contribution is -2.39. The molecule has 0 aromatic heterocycles. The maximum Gasteiger partial charge on any atom is 0.297 e. The van der Waals surface area contributed by atoms with Crippen LogP contribution in [-0.4, -0.2) is 23.8 Å². The van der Waals surface area contributed by atoms with Crippen LogP contribution in [0.1, 0.15) is 20.7 Å². The van der Waals surface area contributed by atoms with E-state index in [2.05, 4.69) is 0 Å². The molecule has 0 aliphatic heterocycles. The van der Waals surface area contributed by atoms with Crippen molar-refractivity contribution in [2.75, 3.05) is 12.0 Å². The van der Waals surface area contributed by atoms with Gasteiger partial charge in [-0.2, -0.15) is 0 Å². The molecule has 7 nitrogen and oxygen atoms in total. The average Bonchev–Trinajstić information content (AvgIpc) is 2.73. The molecule has 0 aliphatic carbocycles. The van der Waals surface area contributed by atoms with Crippen molar-refractivity contribution in [3.63, 3.8) is 0 Å².